The van der Waals surface area contributed by atoms with Gasteiger partial charge in [-0.2, -0.15) is 0 Å². The zero-order valence-corrected chi connectivity index (χ0v) is 9.76. The minimum Gasteiger partial charge on any atom is -0.399 e. The second-order valence-electron chi connectivity index (χ2n) is 4.12. The van der Waals surface area contributed by atoms with Gasteiger partial charge in [-0.1, -0.05) is 11.6 Å². The lowest BCUT2D eigenvalue weighted by atomic mass is 10.2. The van der Waals surface area contributed by atoms with Crippen molar-refractivity contribution >= 4 is 23.2 Å². The first-order chi connectivity index (χ1) is 7.97. The minimum atomic E-state index is -0.893. The molecule has 0 spiro atoms. The van der Waals surface area contributed by atoms with E-state index in [0.29, 0.717) is 16.3 Å². The van der Waals surface area contributed by atoms with Gasteiger partial charge in [-0.3, -0.25) is 4.79 Å². The number of carbonyl (C=O) groups is 1. The van der Waals surface area contributed by atoms with Crippen molar-refractivity contribution in [1.82, 2.24) is 4.90 Å². The van der Waals surface area contributed by atoms with Gasteiger partial charge in [0.15, 0.2) is 0 Å². The summed E-state index contributed by atoms with van der Waals surface area (Å²) in [7, 11) is 0. The first-order valence-electron chi connectivity index (χ1n) is 5.19. The van der Waals surface area contributed by atoms with Gasteiger partial charge in [-0.15, -0.1) is 0 Å². The Hall–Kier alpha value is -1.30. The van der Waals surface area contributed by atoms with Crippen LogP contribution in [0.2, 0.25) is 5.02 Å². The van der Waals surface area contributed by atoms with Gasteiger partial charge in [0, 0.05) is 29.4 Å². The van der Waals surface area contributed by atoms with Crippen LogP contribution in [-0.4, -0.2) is 46.3 Å². The molecule has 1 saturated heterocycles. The zero-order chi connectivity index (χ0) is 12.6. The van der Waals surface area contributed by atoms with E-state index in [0.717, 1.165) is 0 Å². The van der Waals surface area contributed by atoms with E-state index >= 15 is 0 Å². The first-order valence-corrected chi connectivity index (χ1v) is 5.56. The van der Waals surface area contributed by atoms with Gasteiger partial charge in [-0.05, 0) is 18.2 Å². The normalized spacial score (nSPS) is 24.1. The standard InChI is InChI=1S/C11H13ClN2O3/c12-7-1-6(2-8(13)3-7)11(17)14-4-9(15)10(16)5-14/h1-3,9-10,15-16H,4-5,13H2. The third-order valence-corrected chi connectivity index (χ3v) is 2.93. The van der Waals surface area contributed by atoms with Crippen molar-refractivity contribution < 1.29 is 15.0 Å². The number of β-amino-alcohol motifs (C(OH)–C–C–N with tert-alkyl or cyclic N) is 2. The molecule has 1 aliphatic rings. The molecule has 92 valence electrons. The van der Waals surface area contributed by atoms with Gasteiger partial charge in [0.25, 0.3) is 5.91 Å². The van der Waals surface area contributed by atoms with Crippen LogP contribution in [0.5, 0.6) is 0 Å². The van der Waals surface area contributed by atoms with E-state index in [1.807, 2.05) is 0 Å². The van der Waals surface area contributed by atoms with Crippen LogP contribution >= 0.6 is 11.6 Å². The Bertz CT molecular complexity index is 422. The first kappa shape index (κ1) is 12.2. The smallest absolute Gasteiger partial charge is 0.254 e. The van der Waals surface area contributed by atoms with Crippen molar-refractivity contribution in [3.8, 4) is 0 Å². The van der Waals surface area contributed by atoms with E-state index in [2.05, 4.69) is 0 Å². The number of likely N-dealkylation sites (tertiary alicyclic amines) is 1. The molecule has 0 aliphatic carbocycles. The molecule has 0 radical (unpaired) electrons. The zero-order valence-electron chi connectivity index (χ0n) is 9.01. The van der Waals surface area contributed by atoms with E-state index in [1.54, 1.807) is 6.07 Å². The number of carbonyl (C=O) groups excluding carboxylic acids is 1. The predicted octanol–water partition coefficient (Wildman–Crippen LogP) is 0.0998. The molecular weight excluding hydrogens is 244 g/mol. The monoisotopic (exact) mass is 256 g/mol. The van der Waals surface area contributed by atoms with E-state index in [1.165, 1.54) is 17.0 Å². The highest BCUT2D eigenvalue weighted by Gasteiger charge is 2.33. The van der Waals surface area contributed by atoms with E-state index in [-0.39, 0.29) is 19.0 Å². The number of nitrogens with two attached hydrogens (primary N) is 1. The molecule has 0 saturated carbocycles. The van der Waals surface area contributed by atoms with Crippen LogP contribution in [0.25, 0.3) is 0 Å². The van der Waals surface area contributed by atoms with Gasteiger partial charge in [0.05, 0.1) is 12.2 Å². The molecule has 2 rings (SSSR count). The number of rotatable bonds is 1. The molecule has 1 heterocycles. The molecular formula is C11H13ClN2O3. The van der Waals surface area contributed by atoms with E-state index in [4.69, 9.17) is 17.3 Å². The Labute approximate surface area is 103 Å². The lowest BCUT2D eigenvalue weighted by Gasteiger charge is -2.15. The summed E-state index contributed by atoms with van der Waals surface area (Å²) >= 11 is 5.81. The van der Waals surface area contributed by atoms with Crippen molar-refractivity contribution in [3.05, 3.63) is 28.8 Å². The predicted molar refractivity (Wildman–Crippen MR) is 63.8 cm³/mol. The third-order valence-electron chi connectivity index (χ3n) is 2.71. The fourth-order valence-corrected chi connectivity index (χ4v) is 2.10. The molecule has 2 atom stereocenters. The number of halogens is 1. The number of hydrogen-bond donors (Lipinski definition) is 3. The number of aliphatic hydroxyl groups excluding tert-OH is 2. The molecule has 0 aromatic heterocycles. The Kier molecular flexibility index (Phi) is 3.24. The summed E-state index contributed by atoms with van der Waals surface area (Å²) in [6.07, 6.45) is -1.79. The topological polar surface area (TPSA) is 86.8 Å². The number of aliphatic hydroxyl groups is 2. The number of anilines is 1. The molecule has 1 amide bonds. The molecule has 1 aromatic rings. The molecule has 0 bridgehead atoms. The summed E-state index contributed by atoms with van der Waals surface area (Å²) in [4.78, 5) is 13.4. The Morgan fingerprint density at radius 2 is 1.88 bits per heavy atom. The summed E-state index contributed by atoms with van der Waals surface area (Å²) in [5, 5.41) is 19.1. The largest absolute Gasteiger partial charge is 0.399 e. The number of nitrogen functional groups attached to an aromatic ring is 1. The van der Waals surface area contributed by atoms with Gasteiger partial charge >= 0.3 is 0 Å². The maximum absolute atomic E-state index is 12.0. The summed E-state index contributed by atoms with van der Waals surface area (Å²) in [6.45, 7) is 0.235. The van der Waals surface area contributed by atoms with Crippen molar-refractivity contribution in [3.63, 3.8) is 0 Å². The average molecular weight is 257 g/mol. The summed E-state index contributed by atoms with van der Waals surface area (Å²) < 4.78 is 0. The Morgan fingerprint density at radius 3 is 2.41 bits per heavy atom. The van der Waals surface area contributed by atoms with Crippen LogP contribution in [0.3, 0.4) is 0 Å². The third kappa shape index (κ3) is 2.52. The van der Waals surface area contributed by atoms with Crippen molar-refractivity contribution in [1.29, 1.82) is 0 Å². The number of hydrogen-bond acceptors (Lipinski definition) is 4. The van der Waals surface area contributed by atoms with Crippen LogP contribution in [0.15, 0.2) is 18.2 Å². The molecule has 5 nitrogen and oxygen atoms in total. The van der Waals surface area contributed by atoms with Crippen LogP contribution in [0.1, 0.15) is 10.4 Å². The SMILES string of the molecule is Nc1cc(Cl)cc(C(=O)N2CC(O)C(O)C2)c1. The molecule has 1 fully saturated rings. The fraction of sp³-hybridized carbons (Fsp3) is 0.364. The second kappa shape index (κ2) is 4.52. The summed E-state index contributed by atoms with van der Waals surface area (Å²) in [5.74, 6) is -0.296. The van der Waals surface area contributed by atoms with Crippen LogP contribution in [-0.2, 0) is 0 Å². The molecule has 4 N–H and O–H groups in total. The molecule has 1 aromatic carbocycles. The van der Waals surface area contributed by atoms with Crippen molar-refractivity contribution in [2.24, 2.45) is 0 Å². The van der Waals surface area contributed by atoms with Gasteiger partial charge in [-0.25, -0.2) is 0 Å². The maximum atomic E-state index is 12.0. The Morgan fingerprint density at radius 1 is 1.29 bits per heavy atom. The van der Waals surface area contributed by atoms with Crippen molar-refractivity contribution in [2.45, 2.75) is 12.2 Å². The number of nitrogens with zero attached hydrogens (tertiary/aromatic N) is 1. The van der Waals surface area contributed by atoms with Crippen LogP contribution < -0.4 is 5.73 Å². The molecule has 2 unspecified atom stereocenters. The quantitative estimate of drug-likeness (QED) is 0.622. The van der Waals surface area contributed by atoms with Gasteiger partial charge in [0.2, 0.25) is 0 Å². The highest BCUT2D eigenvalue weighted by molar-refractivity contribution is 6.31. The van der Waals surface area contributed by atoms with E-state index in [9.17, 15) is 15.0 Å². The summed E-state index contributed by atoms with van der Waals surface area (Å²) in [6, 6.07) is 4.58. The number of benzene rings is 1. The van der Waals surface area contributed by atoms with Gasteiger partial charge < -0.3 is 20.8 Å². The molecule has 6 heteroatoms. The second-order valence-corrected chi connectivity index (χ2v) is 4.55. The number of amides is 1. The molecule has 1 aliphatic heterocycles. The highest BCUT2D eigenvalue weighted by Crippen LogP contribution is 2.20. The van der Waals surface area contributed by atoms with Gasteiger partial charge in [0.1, 0.15) is 0 Å². The molecule has 17 heavy (non-hydrogen) atoms. The minimum absolute atomic E-state index is 0.117. The lowest BCUT2D eigenvalue weighted by Crippen LogP contribution is -2.29. The Balaban J connectivity index is 2.20. The fourth-order valence-electron chi connectivity index (χ4n) is 1.85. The van der Waals surface area contributed by atoms with Crippen molar-refractivity contribution in [2.75, 3.05) is 18.8 Å². The van der Waals surface area contributed by atoms with E-state index < -0.39 is 12.2 Å². The average Bonchev–Trinajstić information content (AvgIpc) is 2.57. The lowest BCUT2D eigenvalue weighted by molar-refractivity contribution is 0.0572. The highest BCUT2D eigenvalue weighted by atomic mass is 35.5. The van der Waals surface area contributed by atoms with Crippen LogP contribution in [0, 0.1) is 0 Å². The maximum Gasteiger partial charge on any atom is 0.254 e. The summed E-state index contributed by atoms with van der Waals surface area (Å²) in [5.41, 5.74) is 6.36. The van der Waals surface area contributed by atoms with Crippen LogP contribution in [0.4, 0.5) is 5.69 Å².